The van der Waals surface area contributed by atoms with Crippen LogP contribution >= 0.6 is 8.60 Å². The van der Waals surface area contributed by atoms with Crippen LogP contribution in [0.4, 0.5) is 0 Å². The average Bonchev–Trinajstić information content (AvgIpc) is 2.37. The number of rotatable bonds is 3. The third-order valence-corrected chi connectivity index (χ3v) is 3.66. The van der Waals surface area contributed by atoms with E-state index < -0.39 is 8.60 Å². The molecule has 3 rings (SSSR count). The van der Waals surface area contributed by atoms with E-state index in [1.165, 1.54) is 0 Å². The summed E-state index contributed by atoms with van der Waals surface area (Å²) in [4.78, 5) is 0. The molecule has 1 aliphatic heterocycles. The molecular formula is C13H13O3P. The zero-order valence-corrected chi connectivity index (χ0v) is 10.4. The second-order valence-electron chi connectivity index (χ2n) is 3.85. The topological polar surface area (TPSA) is 27.7 Å². The summed E-state index contributed by atoms with van der Waals surface area (Å²) < 4.78 is 17.0. The van der Waals surface area contributed by atoms with Crippen LogP contribution in [-0.2, 0) is 4.52 Å². The van der Waals surface area contributed by atoms with Crippen molar-refractivity contribution < 1.29 is 13.6 Å². The van der Waals surface area contributed by atoms with Gasteiger partial charge < -0.3 is 9.05 Å². The number of benzene rings is 2. The summed E-state index contributed by atoms with van der Waals surface area (Å²) in [6.07, 6.45) is 0.956. The lowest BCUT2D eigenvalue weighted by molar-refractivity contribution is 0.263. The Bertz CT molecular complexity index is 500. The van der Waals surface area contributed by atoms with Crippen LogP contribution < -0.4 is 9.05 Å². The molecule has 0 aliphatic carbocycles. The molecule has 2 aromatic rings. The molecule has 3 nitrogen and oxygen atoms in total. The van der Waals surface area contributed by atoms with Gasteiger partial charge in [0.15, 0.2) is 0 Å². The largest absolute Gasteiger partial charge is 0.463 e. The van der Waals surface area contributed by atoms with Crippen LogP contribution in [0.25, 0.3) is 10.8 Å². The van der Waals surface area contributed by atoms with Gasteiger partial charge in [0.25, 0.3) is 0 Å². The summed E-state index contributed by atoms with van der Waals surface area (Å²) in [7, 11) is -1.29. The third-order valence-electron chi connectivity index (χ3n) is 2.57. The van der Waals surface area contributed by atoms with Crippen LogP contribution in [0.5, 0.6) is 11.5 Å². The highest BCUT2D eigenvalue weighted by atomic mass is 31.2. The molecule has 4 heteroatoms. The molecule has 0 amide bonds. The summed E-state index contributed by atoms with van der Waals surface area (Å²) in [5.74, 6) is 1.71. The van der Waals surface area contributed by atoms with Crippen LogP contribution in [0.1, 0.15) is 13.3 Å². The molecular weight excluding hydrogens is 235 g/mol. The second-order valence-corrected chi connectivity index (χ2v) is 4.92. The Morgan fingerprint density at radius 1 is 1.06 bits per heavy atom. The van der Waals surface area contributed by atoms with E-state index in [1.54, 1.807) is 0 Å². The number of hydrogen-bond acceptors (Lipinski definition) is 3. The fraction of sp³-hybridized carbons (Fsp3) is 0.231. The molecule has 1 aliphatic rings. The van der Waals surface area contributed by atoms with Gasteiger partial charge in [-0.25, -0.2) is 0 Å². The molecule has 0 saturated carbocycles. The highest BCUT2D eigenvalue weighted by Crippen LogP contribution is 2.51. The minimum Gasteiger partial charge on any atom is -0.417 e. The van der Waals surface area contributed by atoms with Crippen molar-refractivity contribution >= 4 is 19.4 Å². The van der Waals surface area contributed by atoms with Crippen molar-refractivity contribution in [3.63, 3.8) is 0 Å². The molecule has 0 radical (unpaired) electrons. The molecule has 0 spiro atoms. The van der Waals surface area contributed by atoms with E-state index >= 15 is 0 Å². The predicted octanol–water partition coefficient (Wildman–Crippen LogP) is 4.26. The molecule has 0 aromatic heterocycles. The van der Waals surface area contributed by atoms with Crippen LogP contribution in [-0.4, -0.2) is 6.61 Å². The van der Waals surface area contributed by atoms with Gasteiger partial charge in [0.05, 0.1) is 12.0 Å². The minimum absolute atomic E-state index is 0.657. The minimum atomic E-state index is -1.29. The first-order valence-electron chi connectivity index (χ1n) is 5.69. The Kier molecular flexibility index (Phi) is 2.87. The summed E-state index contributed by atoms with van der Waals surface area (Å²) >= 11 is 0. The summed E-state index contributed by atoms with van der Waals surface area (Å²) in [6, 6.07) is 12.0. The lowest BCUT2D eigenvalue weighted by atomic mass is 10.1. The maximum absolute atomic E-state index is 5.73. The van der Waals surface area contributed by atoms with Gasteiger partial charge in [0.2, 0.25) is 0 Å². The van der Waals surface area contributed by atoms with E-state index in [4.69, 9.17) is 13.6 Å². The van der Waals surface area contributed by atoms with Gasteiger partial charge in [-0.3, -0.25) is 4.52 Å². The van der Waals surface area contributed by atoms with Crippen LogP contribution in [0.2, 0.25) is 0 Å². The van der Waals surface area contributed by atoms with E-state index in [0.717, 1.165) is 28.7 Å². The van der Waals surface area contributed by atoms with Gasteiger partial charge in [-0.1, -0.05) is 31.2 Å². The van der Waals surface area contributed by atoms with Crippen molar-refractivity contribution in [1.29, 1.82) is 0 Å². The molecule has 1 heterocycles. The first kappa shape index (κ1) is 10.8. The van der Waals surface area contributed by atoms with Gasteiger partial charge in [-0.05, 0) is 23.9 Å². The zero-order valence-electron chi connectivity index (χ0n) is 9.55. The normalized spacial score (nSPS) is 14.4. The van der Waals surface area contributed by atoms with E-state index in [-0.39, 0.29) is 0 Å². The van der Waals surface area contributed by atoms with Crippen molar-refractivity contribution in [2.75, 3.05) is 6.61 Å². The Morgan fingerprint density at radius 2 is 1.71 bits per heavy atom. The fourth-order valence-electron chi connectivity index (χ4n) is 1.82. The van der Waals surface area contributed by atoms with Crippen molar-refractivity contribution in [1.82, 2.24) is 0 Å². The van der Waals surface area contributed by atoms with Gasteiger partial charge in [-0.15, -0.1) is 0 Å². The standard InChI is InChI=1S/C13H13O3P/c1-2-9-14-17-15-11-7-3-5-10-6-4-8-12(16-17)13(10)11/h3-8H,2,9H2,1H3. The predicted molar refractivity (Wildman–Crippen MR) is 68.4 cm³/mol. The van der Waals surface area contributed by atoms with Gasteiger partial charge in [0, 0.05) is 0 Å². The zero-order chi connectivity index (χ0) is 11.7. The Labute approximate surface area is 101 Å². The molecule has 0 saturated heterocycles. The van der Waals surface area contributed by atoms with Gasteiger partial charge in [-0.2, -0.15) is 0 Å². The lowest BCUT2D eigenvalue weighted by Gasteiger charge is -2.24. The molecule has 17 heavy (non-hydrogen) atoms. The Balaban J connectivity index is 1.99. The maximum atomic E-state index is 5.73. The summed E-state index contributed by atoms with van der Waals surface area (Å²) in [5.41, 5.74) is 0. The quantitative estimate of drug-likeness (QED) is 0.759. The van der Waals surface area contributed by atoms with Crippen LogP contribution in [0.15, 0.2) is 36.4 Å². The summed E-state index contributed by atoms with van der Waals surface area (Å²) in [5, 5.41) is 2.17. The van der Waals surface area contributed by atoms with Crippen molar-refractivity contribution in [3.05, 3.63) is 36.4 Å². The van der Waals surface area contributed by atoms with Crippen LogP contribution in [0.3, 0.4) is 0 Å². The molecule has 0 atom stereocenters. The highest BCUT2D eigenvalue weighted by molar-refractivity contribution is 7.42. The highest BCUT2D eigenvalue weighted by Gasteiger charge is 2.25. The molecule has 0 bridgehead atoms. The van der Waals surface area contributed by atoms with Crippen LogP contribution in [0, 0.1) is 0 Å². The summed E-state index contributed by atoms with van der Waals surface area (Å²) in [6.45, 7) is 2.72. The average molecular weight is 248 g/mol. The monoisotopic (exact) mass is 248 g/mol. The lowest BCUT2D eigenvalue weighted by Crippen LogP contribution is -2.05. The first-order valence-corrected chi connectivity index (χ1v) is 6.79. The maximum Gasteiger partial charge on any atom is 0.463 e. The SMILES string of the molecule is CCCOP1Oc2cccc3cccc(c23)O1. The second kappa shape index (κ2) is 4.52. The van der Waals surface area contributed by atoms with Crippen molar-refractivity contribution in [2.24, 2.45) is 0 Å². The Morgan fingerprint density at radius 3 is 2.29 bits per heavy atom. The fourth-order valence-corrected chi connectivity index (χ4v) is 2.92. The van der Waals surface area contributed by atoms with Gasteiger partial charge in [0.1, 0.15) is 11.5 Å². The van der Waals surface area contributed by atoms with E-state index in [0.29, 0.717) is 6.61 Å². The Hall–Kier alpha value is -1.31. The first-order chi connectivity index (χ1) is 8.38. The van der Waals surface area contributed by atoms with Crippen molar-refractivity contribution in [2.45, 2.75) is 13.3 Å². The molecule has 88 valence electrons. The number of hydrogen-bond donors (Lipinski definition) is 0. The molecule has 0 unspecified atom stereocenters. The third kappa shape index (κ3) is 1.97. The molecule has 2 aromatic carbocycles. The molecule has 0 N–H and O–H groups in total. The van der Waals surface area contributed by atoms with E-state index in [1.807, 2.05) is 24.3 Å². The van der Waals surface area contributed by atoms with E-state index in [2.05, 4.69) is 19.1 Å². The molecule has 0 fully saturated rings. The van der Waals surface area contributed by atoms with Crippen molar-refractivity contribution in [3.8, 4) is 11.5 Å². The smallest absolute Gasteiger partial charge is 0.417 e. The van der Waals surface area contributed by atoms with Gasteiger partial charge >= 0.3 is 8.60 Å². The van der Waals surface area contributed by atoms with E-state index in [9.17, 15) is 0 Å².